The second-order valence-corrected chi connectivity index (χ2v) is 5.28. The van der Waals surface area contributed by atoms with Gasteiger partial charge in [0.05, 0.1) is 11.4 Å². The highest BCUT2D eigenvalue weighted by Gasteiger charge is 2.20. The van der Waals surface area contributed by atoms with Gasteiger partial charge in [0.25, 0.3) is 5.91 Å². The molecule has 0 aliphatic carbocycles. The lowest BCUT2D eigenvalue weighted by Crippen LogP contribution is -2.14. The number of benzene rings is 2. The molecule has 0 radical (unpaired) electrons. The van der Waals surface area contributed by atoms with E-state index < -0.39 is 0 Å². The molecule has 0 unspecified atom stereocenters. The number of para-hydroxylation sites is 3. The molecule has 1 N–H and O–H groups in total. The van der Waals surface area contributed by atoms with Gasteiger partial charge in [-0.25, -0.2) is 0 Å². The second kappa shape index (κ2) is 7.00. The maximum Gasteiger partial charge on any atom is 0.261 e. The lowest BCUT2D eigenvalue weighted by Gasteiger charge is -2.12. The Kier molecular flexibility index (Phi) is 4.61. The summed E-state index contributed by atoms with van der Waals surface area (Å²) < 4.78 is 11.0. The van der Waals surface area contributed by atoms with Crippen LogP contribution >= 0.6 is 0 Å². The van der Waals surface area contributed by atoms with Crippen LogP contribution in [-0.4, -0.2) is 11.1 Å². The van der Waals surface area contributed by atoms with Crippen molar-refractivity contribution in [1.82, 2.24) is 5.16 Å². The molecule has 0 aliphatic rings. The van der Waals surface area contributed by atoms with E-state index in [9.17, 15) is 4.79 Å². The first-order valence-corrected chi connectivity index (χ1v) is 7.77. The number of rotatable bonds is 5. The molecule has 0 saturated heterocycles. The van der Waals surface area contributed by atoms with Crippen molar-refractivity contribution in [2.75, 3.05) is 5.32 Å². The molecule has 5 heteroatoms. The van der Waals surface area contributed by atoms with Gasteiger partial charge in [-0.15, -0.1) is 0 Å². The average molecular weight is 322 g/mol. The Bertz CT molecular complexity index is 841. The van der Waals surface area contributed by atoms with Crippen LogP contribution in [0.15, 0.2) is 59.1 Å². The number of anilines is 1. The molecule has 0 bridgehead atoms. The van der Waals surface area contributed by atoms with Crippen molar-refractivity contribution in [2.45, 2.75) is 20.3 Å². The van der Waals surface area contributed by atoms with E-state index >= 15 is 0 Å². The van der Waals surface area contributed by atoms with E-state index in [1.807, 2.05) is 55.5 Å². The molecule has 3 rings (SSSR count). The number of hydrogen-bond donors (Lipinski definition) is 1. The van der Waals surface area contributed by atoms with Crippen molar-refractivity contribution in [1.29, 1.82) is 0 Å². The molecule has 122 valence electrons. The van der Waals surface area contributed by atoms with E-state index in [1.54, 1.807) is 13.0 Å². The summed E-state index contributed by atoms with van der Waals surface area (Å²) in [5, 5.41) is 6.80. The third kappa shape index (κ3) is 3.30. The van der Waals surface area contributed by atoms with Crippen LogP contribution in [0.2, 0.25) is 0 Å². The van der Waals surface area contributed by atoms with Gasteiger partial charge in [-0.05, 0) is 37.6 Å². The number of nitrogens with one attached hydrogen (secondary N) is 1. The first-order valence-electron chi connectivity index (χ1n) is 7.77. The van der Waals surface area contributed by atoms with E-state index in [0.717, 1.165) is 0 Å². The van der Waals surface area contributed by atoms with E-state index in [-0.39, 0.29) is 5.91 Å². The molecule has 1 heterocycles. The van der Waals surface area contributed by atoms with Crippen LogP contribution in [0.1, 0.15) is 28.7 Å². The Morgan fingerprint density at radius 2 is 1.83 bits per heavy atom. The summed E-state index contributed by atoms with van der Waals surface area (Å²) in [6, 6.07) is 16.7. The van der Waals surface area contributed by atoms with Gasteiger partial charge in [0.15, 0.2) is 5.75 Å². The SMILES string of the molecule is CCc1noc(C)c1C(=O)Nc1ccccc1Oc1ccccc1. The molecular formula is C19H18N2O3. The first-order chi connectivity index (χ1) is 11.7. The molecular weight excluding hydrogens is 304 g/mol. The van der Waals surface area contributed by atoms with Crippen molar-refractivity contribution in [3.63, 3.8) is 0 Å². The molecule has 2 aromatic carbocycles. The third-order valence-electron chi connectivity index (χ3n) is 3.60. The van der Waals surface area contributed by atoms with Gasteiger partial charge in [-0.3, -0.25) is 4.79 Å². The summed E-state index contributed by atoms with van der Waals surface area (Å²) >= 11 is 0. The summed E-state index contributed by atoms with van der Waals surface area (Å²) in [6.45, 7) is 3.66. The van der Waals surface area contributed by atoms with E-state index in [0.29, 0.717) is 40.6 Å². The molecule has 0 spiro atoms. The fraction of sp³-hybridized carbons (Fsp3) is 0.158. The smallest absolute Gasteiger partial charge is 0.261 e. The van der Waals surface area contributed by atoms with Crippen LogP contribution in [0.4, 0.5) is 5.69 Å². The molecule has 5 nitrogen and oxygen atoms in total. The Hall–Kier alpha value is -3.08. The number of nitrogens with zero attached hydrogens (tertiary/aromatic N) is 1. The zero-order valence-corrected chi connectivity index (χ0v) is 13.6. The summed E-state index contributed by atoms with van der Waals surface area (Å²) in [5.74, 6) is 1.53. The van der Waals surface area contributed by atoms with Gasteiger partial charge >= 0.3 is 0 Å². The van der Waals surface area contributed by atoms with Crippen LogP contribution in [-0.2, 0) is 6.42 Å². The summed E-state index contributed by atoms with van der Waals surface area (Å²) in [6.07, 6.45) is 0.627. The molecule has 0 atom stereocenters. The number of hydrogen-bond acceptors (Lipinski definition) is 4. The lowest BCUT2D eigenvalue weighted by molar-refractivity contribution is 0.102. The normalized spacial score (nSPS) is 10.4. The Balaban J connectivity index is 1.85. The maximum atomic E-state index is 12.6. The summed E-state index contributed by atoms with van der Waals surface area (Å²) in [5.41, 5.74) is 1.72. The van der Waals surface area contributed by atoms with Crippen molar-refractivity contribution in [2.24, 2.45) is 0 Å². The fourth-order valence-electron chi connectivity index (χ4n) is 2.41. The molecule has 0 aliphatic heterocycles. The zero-order chi connectivity index (χ0) is 16.9. The first kappa shape index (κ1) is 15.8. The van der Waals surface area contributed by atoms with Gasteiger partial charge in [0, 0.05) is 0 Å². The number of aromatic nitrogens is 1. The molecule has 0 fully saturated rings. The minimum absolute atomic E-state index is 0.255. The van der Waals surface area contributed by atoms with Crippen LogP contribution in [0.25, 0.3) is 0 Å². The number of aryl methyl sites for hydroxylation is 2. The largest absolute Gasteiger partial charge is 0.455 e. The predicted molar refractivity (Wildman–Crippen MR) is 91.5 cm³/mol. The van der Waals surface area contributed by atoms with E-state index in [4.69, 9.17) is 9.26 Å². The van der Waals surface area contributed by atoms with Crippen LogP contribution < -0.4 is 10.1 Å². The molecule has 3 aromatic rings. The summed E-state index contributed by atoms with van der Waals surface area (Å²) in [4.78, 5) is 12.6. The van der Waals surface area contributed by atoms with Crippen molar-refractivity contribution >= 4 is 11.6 Å². The van der Waals surface area contributed by atoms with Crippen molar-refractivity contribution in [3.05, 3.63) is 71.6 Å². The molecule has 24 heavy (non-hydrogen) atoms. The van der Waals surface area contributed by atoms with Crippen LogP contribution in [0, 0.1) is 6.92 Å². The van der Waals surface area contributed by atoms with E-state index in [2.05, 4.69) is 10.5 Å². The van der Waals surface area contributed by atoms with E-state index in [1.165, 1.54) is 0 Å². The monoisotopic (exact) mass is 322 g/mol. The third-order valence-corrected chi connectivity index (χ3v) is 3.60. The van der Waals surface area contributed by atoms with Crippen molar-refractivity contribution < 1.29 is 14.1 Å². The minimum Gasteiger partial charge on any atom is -0.455 e. The topological polar surface area (TPSA) is 64.4 Å². The van der Waals surface area contributed by atoms with Gasteiger partial charge in [0.1, 0.15) is 17.1 Å². The van der Waals surface area contributed by atoms with Gasteiger partial charge in [-0.2, -0.15) is 0 Å². The number of amides is 1. The highest BCUT2D eigenvalue weighted by Crippen LogP contribution is 2.30. The maximum absolute atomic E-state index is 12.6. The predicted octanol–water partition coefficient (Wildman–Crippen LogP) is 4.59. The lowest BCUT2D eigenvalue weighted by atomic mass is 10.1. The highest BCUT2D eigenvalue weighted by atomic mass is 16.5. The molecule has 1 amide bonds. The number of ether oxygens (including phenoxy) is 1. The van der Waals surface area contributed by atoms with Crippen LogP contribution in [0.5, 0.6) is 11.5 Å². The minimum atomic E-state index is -0.255. The van der Waals surface area contributed by atoms with Crippen molar-refractivity contribution in [3.8, 4) is 11.5 Å². The highest BCUT2D eigenvalue weighted by molar-refractivity contribution is 6.06. The Morgan fingerprint density at radius 3 is 2.58 bits per heavy atom. The fourth-order valence-corrected chi connectivity index (χ4v) is 2.41. The standard InChI is InChI=1S/C19H18N2O3/c1-3-15-18(13(2)24-21-15)19(22)20-16-11-7-8-12-17(16)23-14-9-5-4-6-10-14/h4-12H,3H2,1-2H3,(H,20,22). The Labute approximate surface area is 140 Å². The average Bonchev–Trinajstić information content (AvgIpc) is 2.98. The number of carbonyl (C=O) groups excluding carboxylic acids is 1. The van der Waals surface area contributed by atoms with Gasteiger partial charge < -0.3 is 14.6 Å². The molecule has 1 aromatic heterocycles. The van der Waals surface area contributed by atoms with Crippen LogP contribution in [0.3, 0.4) is 0 Å². The quantitative estimate of drug-likeness (QED) is 0.746. The molecule has 0 saturated carbocycles. The van der Waals surface area contributed by atoms with Gasteiger partial charge in [-0.1, -0.05) is 42.4 Å². The summed E-state index contributed by atoms with van der Waals surface area (Å²) in [7, 11) is 0. The second-order valence-electron chi connectivity index (χ2n) is 5.28. The van der Waals surface area contributed by atoms with Gasteiger partial charge in [0.2, 0.25) is 0 Å². The Morgan fingerprint density at radius 1 is 1.12 bits per heavy atom. The number of carbonyl (C=O) groups is 1. The zero-order valence-electron chi connectivity index (χ0n) is 13.6.